The number of benzene rings is 5. The molecule has 1 unspecified atom stereocenters. The van der Waals surface area contributed by atoms with Crippen LogP contribution >= 0.6 is 0 Å². The zero-order valence-corrected chi connectivity index (χ0v) is 32.6. The van der Waals surface area contributed by atoms with E-state index in [2.05, 4.69) is 143 Å². The molecule has 0 amide bonds. The summed E-state index contributed by atoms with van der Waals surface area (Å²) in [6.45, 7) is 15.4. The van der Waals surface area contributed by atoms with E-state index in [0.717, 1.165) is 50.2 Å². The van der Waals surface area contributed by atoms with E-state index in [4.69, 9.17) is 4.98 Å². The van der Waals surface area contributed by atoms with Gasteiger partial charge in [0.2, 0.25) is 0 Å². The van der Waals surface area contributed by atoms with Crippen molar-refractivity contribution in [1.29, 1.82) is 0 Å². The standard InChI is InChI=1S/C46H44N3O.Pt/c1-30(31-17-10-8-11-18-31)32-28-38(43(50)39(29-32)46(5,6)7)44-48-42-37(21-16-23-41(42)49(44)36-19-12-9-13-20-36)33-25-34(40-22-14-15-24-47-40)27-35(26-33)45(2,3)4;/h8-24,26-30,50H,1-7H3;/q-1;. The summed E-state index contributed by atoms with van der Waals surface area (Å²) in [5.74, 6) is 1.07. The Morgan fingerprint density at radius 3 is 1.98 bits per heavy atom. The molecule has 7 rings (SSSR count). The van der Waals surface area contributed by atoms with Crippen LogP contribution in [0.15, 0.2) is 128 Å². The molecule has 0 fully saturated rings. The van der Waals surface area contributed by atoms with Crippen LogP contribution in [0.25, 0.3) is 50.5 Å². The maximum Gasteiger partial charge on any atom is 0.148 e. The molecule has 0 aliphatic rings. The van der Waals surface area contributed by atoms with E-state index in [1.54, 1.807) is 0 Å². The largest absolute Gasteiger partial charge is 0.507 e. The molecule has 0 spiro atoms. The summed E-state index contributed by atoms with van der Waals surface area (Å²) in [7, 11) is 0. The minimum absolute atomic E-state index is 0. The zero-order valence-electron chi connectivity index (χ0n) is 30.3. The van der Waals surface area contributed by atoms with Crippen LogP contribution in [0.1, 0.15) is 76.6 Å². The molecule has 0 aliphatic carbocycles. The molecule has 2 aromatic heterocycles. The second-order valence-electron chi connectivity index (χ2n) is 15.3. The third-order valence-electron chi connectivity index (χ3n) is 9.65. The predicted molar refractivity (Wildman–Crippen MR) is 207 cm³/mol. The van der Waals surface area contributed by atoms with E-state index in [1.165, 1.54) is 11.1 Å². The van der Waals surface area contributed by atoms with Gasteiger partial charge in [0.15, 0.2) is 0 Å². The Morgan fingerprint density at radius 1 is 0.667 bits per heavy atom. The Balaban J connectivity index is 0.00000448. The van der Waals surface area contributed by atoms with E-state index in [0.29, 0.717) is 11.4 Å². The van der Waals surface area contributed by atoms with Crippen molar-refractivity contribution in [3.8, 4) is 45.2 Å². The molecular weight excluding hydrogens is 806 g/mol. The van der Waals surface area contributed by atoms with Crippen LogP contribution in [0.3, 0.4) is 0 Å². The molecule has 7 aromatic rings. The fourth-order valence-corrected chi connectivity index (χ4v) is 6.73. The van der Waals surface area contributed by atoms with Crippen molar-refractivity contribution in [2.45, 2.75) is 65.2 Å². The summed E-state index contributed by atoms with van der Waals surface area (Å²) in [5.41, 5.74) is 11.3. The quantitative estimate of drug-likeness (QED) is 0.170. The van der Waals surface area contributed by atoms with Gasteiger partial charge in [0.05, 0.1) is 16.6 Å². The van der Waals surface area contributed by atoms with E-state index in [1.807, 2.05) is 48.7 Å². The first-order chi connectivity index (χ1) is 23.9. The monoisotopic (exact) mass is 849 g/mol. The van der Waals surface area contributed by atoms with Crippen LogP contribution in [0, 0.1) is 6.07 Å². The Hall–Kier alpha value is -4.79. The first kappa shape index (κ1) is 36.0. The van der Waals surface area contributed by atoms with Gasteiger partial charge in [-0.15, -0.1) is 29.3 Å². The van der Waals surface area contributed by atoms with Crippen molar-refractivity contribution in [3.05, 3.63) is 156 Å². The van der Waals surface area contributed by atoms with Crippen LogP contribution in [0.5, 0.6) is 5.75 Å². The second kappa shape index (κ2) is 14.1. The zero-order chi connectivity index (χ0) is 35.2. The van der Waals surface area contributed by atoms with Gasteiger partial charge >= 0.3 is 0 Å². The number of hydrogen-bond acceptors (Lipinski definition) is 3. The normalized spacial score (nSPS) is 12.5. The second-order valence-corrected chi connectivity index (χ2v) is 15.3. The van der Waals surface area contributed by atoms with Crippen LogP contribution in [0.4, 0.5) is 0 Å². The van der Waals surface area contributed by atoms with E-state index in [9.17, 15) is 5.11 Å². The maximum absolute atomic E-state index is 12.2. The van der Waals surface area contributed by atoms with Crippen LogP contribution in [0.2, 0.25) is 0 Å². The minimum atomic E-state index is -0.301. The van der Waals surface area contributed by atoms with E-state index < -0.39 is 0 Å². The Labute approximate surface area is 316 Å². The number of aromatic hydroxyl groups is 1. The molecule has 2 heterocycles. The molecule has 260 valence electrons. The number of hydrogen-bond donors (Lipinski definition) is 1. The number of rotatable bonds is 6. The van der Waals surface area contributed by atoms with Gasteiger partial charge in [-0.3, -0.25) is 9.55 Å². The van der Waals surface area contributed by atoms with Crippen molar-refractivity contribution in [2.75, 3.05) is 0 Å². The first-order valence-corrected chi connectivity index (χ1v) is 17.4. The van der Waals surface area contributed by atoms with Crippen molar-refractivity contribution in [2.24, 2.45) is 0 Å². The summed E-state index contributed by atoms with van der Waals surface area (Å²) in [6, 6.07) is 45.6. The Morgan fingerprint density at radius 2 is 1.33 bits per heavy atom. The van der Waals surface area contributed by atoms with Gasteiger partial charge in [-0.1, -0.05) is 138 Å². The van der Waals surface area contributed by atoms with E-state index in [-0.39, 0.29) is 43.6 Å². The Kier molecular flexibility index (Phi) is 9.94. The third-order valence-corrected chi connectivity index (χ3v) is 9.65. The maximum atomic E-state index is 12.2. The summed E-state index contributed by atoms with van der Waals surface area (Å²) >= 11 is 0. The summed E-state index contributed by atoms with van der Waals surface area (Å²) < 4.78 is 2.19. The van der Waals surface area contributed by atoms with Crippen molar-refractivity contribution in [1.82, 2.24) is 14.5 Å². The number of phenols is 1. The molecule has 0 radical (unpaired) electrons. The SMILES string of the molecule is CC(c1ccccc1)c1cc(-c2nc3c(-c4[c-]c(-c5ccccn5)cc(C(C)(C)C)c4)cccc3n2-c2ccccc2)c(O)c(C(C)(C)C)c1.[Pt]. The first-order valence-electron chi connectivity index (χ1n) is 17.4. The predicted octanol–water partition coefficient (Wildman–Crippen LogP) is 11.7. The Bertz CT molecular complexity index is 2300. The number of pyridine rings is 1. The average Bonchev–Trinajstić information content (AvgIpc) is 3.51. The number of para-hydroxylation sites is 2. The topological polar surface area (TPSA) is 50.9 Å². The number of phenolic OH excluding ortho intramolecular Hbond substituents is 1. The van der Waals surface area contributed by atoms with Crippen LogP contribution in [-0.2, 0) is 31.9 Å². The summed E-state index contributed by atoms with van der Waals surface area (Å²) in [4.78, 5) is 10.1. The molecule has 51 heavy (non-hydrogen) atoms. The van der Waals surface area contributed by atoms with Gasteiger partial charge in [0, 0.05) is 50.1 Å². The number of aromatic nitrogens is 3. The fraction of sp³-hybridized carbons (Fsp3) is 0.217. The summed E-state index contributed by atoms with van der Waals surface area (Å²) in [6.07, 6.45) is 1.83. The van der Waals surface area contributed by atoms with E-state index >= 15 is 0 Å². The molecule has 1 atom stereocenters. The molecule has 5 aromatic carbocycles. The van der Waals surface area contributed by atoms with Gasteiger partial charge in [-0.25, -0.2) is 4.98 Å². The van der Waals surface area contributed by atoms with Crippen molar-refractivity contribution < 1.29 is 26.2 Å². The molecular formula is C46H44N3OPt-. The molecule has 4 nitrogen and oxygen atoms in total. The average molecular weight is 850 g/mol. The van der Waals surface area contributed by atoms with Crippen molar-refractivity contribution >= 4 is 11.0 Å². The van der Waals surface area contributed by atoms with Gasteiger partial charge in [-0.2, -0.15) is 0 Å². The van der Waals surface area contributed by atoms with Crippen molar-refractivity contribution in [3.63, 3.8) is 0 Å². The number of fused-ring (bicyclic) bond motifs is 1. The third kappa shape index (κ3) is 7.08. The molecule has 5 heteroatoms. The van der Waals surface area contributed by atoms with Gasteiger partial charge in [0.25, 0.3) is 0 Å². The molecule has 1 N–H and O–H groups in total. The molecule has 0 saturated heterocycles. The fourth-order valence-electron chi connectivity index (χ4n) is 6.73. The van der Waals surface area contributed by atoms with Crippen LogP contribution < -0.4 is 0 Å². The minimum Gasteiger partial charge on any atom is -0.507 e. The molecule has 0 aliphatic heterocycles. The molecule has 0 saturated carbocycles. The number of nitrogens with zero attached hydrogens (tertiary/aromatic N) is 3. The smallest absolute Gasteiger partial charge is 0.148 e. The van der Waals surface area contributed by atoms with Gasteiger partial charge < -0.3 is 5.11 Å². The number of imidazole rings is 1. The van der Waals surface area contributed by atoms with Crippen LogP contribution in [-0.4, -0.2) is 19.6 Å². The van der Waals surface area contributed by atoms with Gasteiger partial charge in [-0.05, 0) is 52.3 Å². The van der Waals surface area contributed by atoms with Gasteiger partial charge in [0.1, 0.15) is 11.6 Å². The summed E-state index contributed by atoms with van der Waals surface area (Å²) in [5, 5.41) is 12.2. The molecule has 0 bridgehead atoms.